The summed E-state index contributed by atoms with van der Waals surface area (Å²) in [6.07, 6.45) is -0.753. The molecule has 0 aromatic heterocycles. The van der Waals surface area contributed by atoms with Crippen LogP contribution in [0, 0.1) is 5.92 Å². The Bertz CT molecular complexity index is 1770. The number of ether oxygens (including phenoxy) is 7. The molecule has 4 aromatic carbocycles. The van der Waals surface area contributed by atoms with E-state index in [0.29, 0.717) is 39.9 Å². The van der Waals surface area contributed by atoms with E-state index < -0.39 is 34.2 Å². The van der Waals surface area contributed by atoms with Gasteiger partial charge in [-0.2, -0.15) is 0 Å². The molecule has 1 saturated heterocycles. The zero-order valence-corrected chi connectivity index (χ0v) is 25.8. The first-order chi connectivity index (χ1) is 21.4. The number of carbonyl (C=O) groups excluding carboxylic acids is 2. The van der Waals surface area contributed by atoms with E-state index in [0.717, 1.165) is 21.9 Å². The van der Waals surface area contributed by atoms with Crippen molar-refractivity contribution in [2.24, 2.45) is 5.92 Å². The van der Waals surface area contributed by atoms with Gasteiger partial charge in [-0.25, -0.2) is 0 Å². The zero-order valence-electron chi connectivity index (χ0n) is 24.3. The van der Waals surface area contributed by atoms with Crippen LogP contribution in [0.1, 0.15) is 34.3 Å². The summed E-state index contributed by atoms with van der Waals surface area (Å²) in [7, 11) is 4.61. The summed E-state index contributed by atoms with van der Waals surface area (Å²) in [5, 5.41) is 2.02. The van der Waals surface area contributed by atoms with Crippen molar-refractivity contribution in [3.8, 4) is 28.7 Å². The monoisotopic (exact) mass is 660 g/mol. The van der Waals surface area contributed by atoms with Crippen LogP contribution in [0.3, 0.4) is 0 Å². The number of rotatable bonds is 7. The van der Waals surface area contributed by atoms with Crippen molar-refractivity contribution in [1.29, 1.82) is 0 Å². The Morgan fingerprint density at radius 1 is 0.886 bits per heavy atom. The third-order valence-corrected chi connectivity index (χ3v) is 10.1. The molecular weight excluding hydrogens is 632 g/mol. The molecule has 7 rings (SSSR count). The van der Waals surface area contributed by atoms with Gasteiger partial charge in [-0.1, -0.05) is 58.4 Å². The predicted octanol–water partition coefficient (Wildman–Crippen LogP) is 5.87. The summed E-state index contributed by atoms with van der Waals surface area (Å²) in [6.45, 7) is 0.106. The molecule has 4 atom stereocenters. The van der Waals surface area contributed by atoms with E-state index in [1.807, 2.05) is 66.7 Å². The Balaban J connectivity index is 1.36. The molecule has 0 amide bonds. The Morgan fingerprint density at radius 2 is 1.57 bits per heavy atom. The molecule has 1 fully saturated rings. The average Bonchev–Trinajstić information content (AvgIpc) is 3.62. The van der Waals surface area contributed by atoms with Crippen molar-refractivity contribution in [3.63, 3.8) is 0 Å². The molecule has 2 aliphatic heterocycles. The highest BCUT2D eigenvalue weighted by Crippen LogP contribution is 2.61. The van der Waals surface area contributed by atoms with Crippen LogP contribution in [0.15, 0.2) is 66.7 Å². The SMILES string of the molecule is COc1cc([C@@H]2c3cc4c(cc3[C@H](OC(=O)Cc3cccc5ccccc35)[C@H]3COC(=O)[C@@]23Br)OCO4)cc(OC)c1OC. The van der Waals surface area contributed by atoms with Gasteiger partial charge in [0.1, 0.15) is 17.0 Å². The van der Waals surface area contributed by atoms with Crippen LogP contribution in [0.5, 0.6) is 28.7 Å². The maximum Gasteiger partial charge on any atom is 0.324 e. The summed E-state index contributed by atoms with van der Waals surface area (Å²) in [5.74, 6) is 0.318. The van der Waals surface area contributed by atoms with Crippen molar-refractivity contribution in [1.82, 2.24) is 0 Å². The van der Waals surface area contributed by atoms with Gasteiger partial charge in [-0.15, -0.1) is 0 Å². The lowest BCUT2D eigenvalue weighted by atomic mass is 9.66. The van der Waals surface area contributed by atoms with E-state index >= 15 is 0 Å². The van der Waals surface area contributed by atoms with E-state index in [4.69, 9.17) is 33.2 Å². The molecule has 0 saturated carbocycles. The number of fused-ring (bicyclic) bond motifs is 4. The highest BCUT2D eigenvalue weighted by molar-refractivity contribution is 9.10. The summed E-state index contributed by atoms with van der Waals surface area (Å²) >= 11 is 3.85. The summed E-state index contributed by atoms with van der Waals surface area (Å²) < 4.78 is 39.1. The highest BCUT2D eigenvalue weighted by atomic mass is 79.9. The van der Waals surface area contributed by atoms with Gasteiger partial charge in [-0.3, -0.25) is 9.59 Å². The van der Waals surface area contributed by atoms with E-state index in [1.54, 1.807) is 0 Å². The van der Waals surface area contributed by atoms with Gasteiger partial charge in [0.05, 0.1) is 33.7 Å². The van der Waals surface area contributed by atoms with Gasteiger partial charge in [-0.05, 0) is 51.7 Å². The van der Waals surface area contributed by atoms with Crippen LogP contribution in [0.25, 0.3) is 10.8 Å². The number of hydrogen-bond acceptors (Lipinski definition) is 9. The first-order valence-electron chi connectivity index (χ1n) is 14.1. The largest absolute Gasteiger partial charge is 0.493 e. The van der Waals surface area contributed by atoms with E-state index in [-0.39, 0.29) is 19.8 Å². The lowest BCUT2D eigenvalue weighted by molar-refractivity contribution is -0.153. The first kappa shape index (κ1) is 28.3. The maximum atomic E-state index is 13.7. The molecular formula is C34H29BrO9. The molecule has 226 valence electrons. The minimum atomic E-state index is -1.29. The first-order valence-corrected chi connectivity index (χ1v) is 14.9. The van der Waals surface area contributed by atoms with Crippen LogP contribution in [0.2, 0.25) is 0 Å². The smallest absolute Gasteiger partial charge is 0.324 e. The molecule has 10 heteroatoms. The van der Waals surface area contributed by atoms with Gasteiger partial charge < -0.3 is 33.2 Å². The Hall–Kier alpha value is -4.44. The van der Waals surface area contributed by atoms with Gasteiger partial charge >= 0.3 is 11.9 Å². The van der Waals surface area contributed by atoms with Gasteiger partial charge in [0.25, 0.3) is 0 Å². The second-order valence-corrected chi connectivity index (χ2v) is 12.2. The Labute approximate surface area is 262 Å². The minimum Gasteiger partial charge on any atom is -0.493 e. The molecule has 0 spiro atoms. The minimum absolute atomic E-state index is 0.0467. The second kappa shape index (κ2) is 10.9. The molecule has 4 aromatic rings. The molecule has 0 radical (unpaired) electrons. The molecule has 0 N–H and O–H groups in total. The summed E-state index contributed by atoms with van der Waals surface area (Å²) in [4.78, 5) is 27.4. The van der Waals surface area contributed by atoms with Crippen molar-refractivity contribution in [2.75, 3.05) is 34.7 Å². The number of methoxy groups -OCH3 is 3. The number of esters is 2. The lowest BCUT2D eigenvalue weighted by Crippen LogP contribution is -2.48. The fraction of sp³-hybridized carbons (Fsp3) is 0.294. The van der Waals surface area contributed by atoms with Crippen molar-refractivity contribution in [2.45, 2.75) is 22.8 Å². The van der Waals surface area contributed by atoms with E-state index in [2.05, 4.69) is 15.9 Å². The van der Waals surface area contributed by atoms with Crippen LogP contribution < -0.4 is 23.7 Å². The predicted molar refractivity (Wildman–Crippen MR) is 163 cm³/mol. The van der Waals surface area contributed by atoms with E-state index in [1.165, 1.54) is 21.3 Å². The van der Waals surface area contributed by atoms with Gasteiger partial charge in [0.15, 0.2) is 23.0 Å². The van der Waals surface area contributed by atoms with Crippen LogP contribution >= 0.6 is 15.9 Å². The number of halogens is 1. The third kappa shape index (κ3) is 4.34. The second-order valence-electron chi connectivity index (χ2n) is 10.9. The molecule has 0 bridgehead atoms. The molecule has 1 aliphatic carbocycles. The fourth-order valence-corrected chi connectivity index (χ4v) is 7.72. The number of cyclic esters (lactones) is 1. The van der Waals surface area contributed by atoms with Crippen LogP contribution in [-0.2, 0) is 25.5 Å². The number of benzene rings is 4. The highest BCUT2D eigenvalue weighted by Gasteiger charge is 2.64. The average molecular weight is 662 g/mol. The fourth-order valence-electron chi connectivity index (χ4n) is 6.72. The molecule has 2 heterocycles. The van der Waals surface area contributed by atoms with E-state index in [9.17, 15) is 9.59 Å². The molecule has 0 unspecified atom stereocenters. The summed E-state index contributed by atoms with van der Waals surface area (Å²) in [6, 6.07) is 21.1. The van der Waals surface area contributed by atoms with Crippen molar-refractivity contribution >= 4 is 38.6 Å². The Morgan fingerprint density at radius 3 is 2.27 bits per heavy atom. The van der Waals surface area contributed by atoms with Crippen molar-refractivity contribution < 1.29 is 42.7 Å². The van der Waals surface area contributed by atoms with Gasteiger partial charge in [0.2, 0.25) is 12.5 Å². The Kier molecular flexibility index (Phi) is 7.04. The quantitative estimate of drug-likeness (QED) is 0.178. The molecule has 9 nitrogen and oxygen atoms in total. The topological polar surface area (TPSA) is 98.8 Å². The maximum absolute atomic E-state index is 13.7. The zero-order chi connectivity index (χ0) is 30.6. The molecule has 44 heavy (non-hydrogen) atoms. The third-order valence-electron chi connectivity index (χ3n) is 8.72. The molecule has 3 aliphatic rings. The normalized spacial score (nSPS) is 23.0. The van der Waals surface area contributed by atoms with Crippen LogP contribution in [-0.4, -0.2) is 51.0 Å². The lowest BCUT2D eigenvalue weighted by Gasteiger charge is -2.43. The standard InChI is InChI=1S/C34H29BrO9/c1-38-27-11-20(12-28(39-2)32(27)40-3)30-22-14-25-26(43-17-42-25)15-23(22)31(24-16-41-33(37)34(24,30)35)44-29(36)13-19-9-6-8-18-7-4-5-10-21(18)19/h4-12,14-15,24,30-31H,13,16-17H2,1-3H3/t24-,30-,31+,34+/m1/s1. The van der Waals surface area contributed by atoms with Crippen molar-refractivity contribution in [3.05, 3.63) is 89.0 Å². The van der Waals surface area contributed by atoms with Gasteiger partial charge in [0, 0.05) is 11.5 Å². The number of hydrogen-bond donors (Lipinski definition) is 0. The van der Waals surface area contributed by atoms with Crippen LogP contribution in [0.4, 0.5) is 0 Å². The number of alkyl halides is 1. The summed E-state index contributed by atoms with van der Waals surface area (Å²) in [5.41, 5.74) is 2.99. The number of carbonyl (C=O) groups is 2.